The van der Waals surface area contributed by atoms with E-state index in [0.29, 0.717) is 17.9 Å². The average Bonchev–Trinajstić information content (AvgIpc) is 2.27. The van der Waals surface area contributed by atoms with Crippen LogP contribution in [0.5, 0.6) is 5.75 Å². The van der Waals surface area contributed by atoms with Crippen molar-refractivity contribution in [1.29, 1.82) is 0 Å². The Bertz CT molecular complexity index is 385. The lowest BCUT2D eigenvalue weighted by Gasteiger charge is -2.25. The number of ether oxygens (including phenoxy) is 1. The molecular formula is C16H27NO2. The molecule has 0 aromatic carbocycles. The molecule has 1 aromatic rings. The van der Waals surface area contributed by atoms with Crippen LogP contribution in [0, 0.1) is 11.3 Å². The van der Waals surface area contributed by atoms with Crippen LogP contribution in [0.25, 0.3) is 0 Å². The smallest absolute Gasteiger partial charge is 0.137 e. The number of hydrogen-bond donors (Lipinski definition) is 1. The second-order valence-corrected chi connectivity index (χ2v) is 6.51. The largest absolute Gasteiger partial charge is 0.492 e. The van der Waals surface area contributed by atoms with Crippen molar-refractivity contribution in [1.82, 2.24) is 4.98 Å². The van der Waals surface area contributed by atoms with Crippen molar-refractivity contribution in [3.05, 3.63) is 24.0 Å². The highest BCUT2D eigenvalue weighted by molar-refractivity contribution is 5.25. The minimum Gasteiger partial charge on any atom is -0.492 e. The van der Waals surface area contributed by atoms with Gasteiger partial charge in [-0.1, -0.05) is 27.7 Å². The third-order valence-corrected chi connectivity index (χ3v) is 3.02. The van der Waals surface area contributed by atoms with E-state index in [2.05, 4.69) is 32.7 Å². The first kappa shape index (κ1) is 16.0. The van der Waals surface area contributed by atoms with Crippen LogP contribution in [0.4, 0.5) is 0 Å². The van der Waals surface area contributed by atoms with Gasteiger partial charge in [-0.05, 0) is 37.2 Å². The van der Waals surface area contributed by atoms with Gasteiger partial charge in [0.1, 0.15) is 5.75 Å². The van der Waals surface area contributed by atoms with Crippen LogP contribution in [0.3, 0.4) is 0 Å². The van der Waals surface area contributed by atoms with Crippen molar-refractivity contribution in [2.75, 3.05) is 6.61 Å². The van der Waals surface area contributed by atoms with Crippen molar-refractivity contribution in [3.8, 4) is 5.75 Å². The summed E-state index contributed by atoms with van der Waals surface area (Å²) in [7, 11) is 0. The van der Waals surface area contributed by atoms with Gasteiger partial charge in [-0.3, -0.25) is 4.98 Å². The highest BCUT2D eigenvalue weighted by Crippen LogP contribution is 2.30. The molecule has 19 heavy (non-hydrogen) atoms. The molecule has 0 aliphatic carbocycles. The molecule has 0 spiro atoms. The number of aliphatic hydroxyl groups excluding tert-OH is 1. The molecule has 1 N–H and O–H groups in total. The van der Waals surface area contributed by atoms with Crippen LogP contribution >= 0.6 is 0 Å². The summed E-state index contributed by atoms with van der Waals surface area (Å²) in [5.41, 5.74) is 1.14. The average molecular weight is 265 g/mol. The maximum atomic E-state index is 10.3. The van der Waals surface area contributed by atoms with E-state index in [1.807, 2.05) is 13.0 Å². The van der Waals surface area contributed by atoms with Crippen molar-refractivity contribution < 1.29 is 9.84 Å². The fraction of sp³-hybridized carbons (Fsp3) is 0.688. The van der Waals surface area contributed by atoms with Gasteiger partial charge in [0, 0.05) is 11.8 Å². The van der Waals surface area contributed by atoms with E-state index >= 15 is 0 Å². The number of aromatic nitrogens is 1. The van der Waals surface area contributed by atoms with Gasteiger partial charge in [-0.2, -0.15) is 0 Å². The Morgan fingerprint density at radius 1 is 1.32 bits per heavy atom. The van der Waals surface area contributed by atoms with Crippen LogP contribution in [-0.2, 0) is 0 Å². The third kappa shape index (κ3) is 6.06. The Balaban J connectivity index is 2.62. The summed E-state index contributed by atoms with van der Waals surface area (Å²) in [6, 6.07) is 1.88. The monoisotopic (exact) mass is 265 g/mol. The summed E-state index contributed by atoms with van der Waals surface area (Å²) >= 11 is 0. The number of pyridine rings is 1. The van der Waals surface area contributed by atoms with E-state index in [1.54, 1.807) is 12.4 Å². The number of rotatable bonds is 6. The minimum atomic E-state index is -0.467. The molecule has 1 aromatic heterocycles. The van der Waals surface area contributed by atoms with Gasteiger partial charge >= 0.3 is 0 Å². The van der Waals surface area contributed by atoms with Crippen LogP contribution in [-0.4, -0.2) is 16.7 Å². The summed E-state index contributed by atoms with van der Waals surface area (Å²) in [5.74, 6) is 1.20. The van der Waals surface area contributed by atoms with Crippen LogP contribution in [0.1, 0.15) is 59.1 Å². The molecule has 3 heteroatoms. The molecule has 2 atom stereocenters. The first-order chi connectivity index (χ1) is 8.81. The van der Waals surface area contributed by atoms with Crippen molar-refractivity contribution in [2.45, 2.75) is 53.6 Å². The SMILES string of the molecule is CCOc1cncc(C(O)CC(C)CC(C)(C)C)c1. The molecule has 0 saturated carbocycles. The molecule has 2 unspecified atom stereocenters. The van der Waals surface area contributed by atoms with E-state index in [-0.39, 0.29) is 0 Å². The van der Waals surface area contributed by atoms with Gasteiger partial charge in [0.05, 0.1) is 18.9 Å². The lowest BCUT2D eigenvalue weighted by Crippen LogP contribution is -2.13. The van der Waals surface area contributed by atoms with E-state index in [4.69, 9.17) is 4.74 Å². The molecule has 108 valence electrons. The molecule has 0 amide bonds. The van der Waals surface area contributed by atoms with Crippen molar-refractivity contribution in [2.24, 2.45) is 11.3 Å². The summed E-state index contributed by atoms with van der Waals surface area (Å²) in [5, 5.41) is 10.3. The standard InChI is InChI=1S/C16H27NO2/c1-6-19-14-8-13(10-17-11-14)15(18)7-12(2)9-16(3,4)5/h8,10-12,15,18H,6-7,9H2,1-5H3. The summed E-state index contributed by atoms with van der Waals surface area (Å²) in [6.07, 6.45) is 4.79. The van der Waals surface area contributed by atoms with Gasteiger partial charge in [0.2, 0.25) is 0 Å². The number of hydrogen-bond acceptors (Lipinski definition) is 3. The molecule has 0 radical (unpaired) electrons. The molecule has 0 bridgehead atoms. The van der Waals surface area contributed by atoms with E-state index in [9.17, 15) is 5.11 Å². The van der Waals surface area contributed by atoms with Crippen LogP contribution in [0.2, 0.25) is 0 Å². The Morgan fingerprint density at radius 3 is 2.58 bits per heavy atom. The van der Waals surface area contributed by atoms with Crippen molar-refractivity contribution in [3.63, 3.8) is 0 Å². The first-order valence-electron chi connectivity index (χ1n) is 7.07. The molecule has 0 aliphatic heterocycles. The van der Waals surface area contributed by atoms with Gasteiger partial charge in [0.15, 0.2) is 0 Å². The van der Waals surface area contributed by atoms with Gasteiger partial charge < -0.3 is 9.84 Å². The normalized spacial score (nSPS) is 15.1. The molecule has 1 heterocycles. The molecular weight excluding hydrogens is 238 g/mol. The van der Waals surface area contributed by atoms with Gasteiger partial charge in [0.25, 0.3) is 0 Å². The van der Waals surface area contributed by atoms with Crippen molar-refractivity contribution >= 4 is 0 Å². The Labute approximate surface area is 117 Å². The second-order valence-electron chi connectivity index (χ2n) is 6.51. The zero-order chi connectivity index (χ0) is 14.5. The predicted octanol–water partition coefficient (Wildman–Crippen LogP) is 3.98. The second kappa shape index (κ2) is 6.90. The summed E-state index contributed by atoms with van der Waals surface area (Å²) in [6.45, 7) is 11.4. The van der Waals surface area contributed by atoms with Crippen LogP contribution < -0.4 is 4.74 Å². The maximum Gasteiger partial charge on any atom is 0.137 e. The van der Waals surface area contributed by atoms with Crippen LogP contribution in [0.15, 0.2) is 18.5 Å². The summed E-state index contributed by atoms with van der Waals surface area (Å²) in [4.78, 5) is 4.12. The quantitative estimate of drug-likeness (QED) is 0.846. The third-order valence-electron chi connectivity index (χ3n) is 3.02. The molecule has 1 rings (SSSR count). The fourth-order valence-corrected chi connectivity index (χ4v) is 2.51. The predicted molar refractivity (Wildman–Crippen MR) is 78.2 cm³/mol. The van der Waals surface area contributed by atoms with Gasteiger partial charge in [-0.25, -0.2) is 0 Å². The molecule has 0 saturated heterocycles. The Hall–Kier alpha value is -1.09. The van der Waals surface area contributed by atoms with E-state index in [1.165, 1.54) is 0 Å². The first-order valence-corrected chi connectivity index (χ1v) is 7.07. The molecule has 3 nitrogen and oxygen atoms in total. The highest BCUT2D eigenvalue weighted by Gasteiger charge is 2.19. The lowest BCUT2D eigenvalue weighted by molar-refractivity contribution is 0.133. The fourth-order valence-electron chi connectivity index (χ4n) is 2.51. The lowest BCUT2D eigenvalue weighted by atomic mass is 9.82. The van der Waals surface area contributed by atoms with Gasteiger partial charge in [-0.15, -0.1) is 0 Å². The zero-order valence-electron chi connectivity index (χ0n) is 12.8. The highest BCUT2D eigenvalue weighted by atomic mass is 16.5. The maximum absolute atomic E-state index is 10.3. The van der Waals surface area contributed by atoms with E-state index in [0.717, 1.165) is 24.2 Å². The summed E-state index contributed by atoms with van der Waals surface area (Å²) < 4.78 is 5.41. The Kier molecular flexibility index (Phi) is 5.80. The zero-order valence-corrected chi connectivity index (χ0v) is 12.8. The van der Waals surface area contributed by atoms with E-state index < -0.39 is 6.10 Å². The molecule has 0 aliphatic rings. The Morgan fingerprint density at radius 2 is 2.00 bits per heavy atom. The number of nitrogens with zero attached hydrogens (tertiary/aromatic N) is 1. The topological polar surface area (TPSA) is 42.4 Å². The minimum absolute atomic E-state index is 0.296. The number of aliphatic hydroxyl groups is 1. The molecule has 0 fully saturated rings.